The molecule has 1 N–H and O–H groups in total. The minimum atomic E-state index is -0.223. The molecule has 0 bridgehead atoms. The zero-order valence-corrected chi connectivity index (χ0v) is 11.4. The molecule has 1 aliphatic carbocycles. The summed E-state index contributed by atoms with van der Waals surface area (Å²) in [5, 5.41) is 2.90. The minimum Gasteiger partial charge on any atom is -0.459 e. The third-order valence-corrected chi connectivity index (χ3v) is 3.90. The lowest BCUT2D eigenvalue weighted by Gasteiger charge is -2.04. The average Bonchev–Trinajstić information content (AvgIpc) is 3.09. The van der Waals surface area contributed by atoms with E-state index >= 15 is 0 Å². The summed E-state index contributed by atoms with van der Waals surface area (Å²) in [5.74, 6) is -0.0167. The van der Waals surface area contributed by atoms with Gasteiger partial charge in [0.2, 0.25) is 0 Å². The van der Waals surface area contributed by atoms with Gasteiger partial charge in [-0.1, -0.05) is 18.2 Å². The number of hydrogen-bond donors (Lipinski definition) is 1. The Bertz CT molecular complexity index is 662. The van der Waals surface area contributed by atoms with E-state index in [1.54, 1.807) is 18.4 Å². The van der Waals surface area contributed by atoms with E-state index in [0.717, 1.165) is 17.5 Å². The Morgan fingerprint density at radius 1 is 1.35 bits per heavy atom. The molecule has 1 aliphatic rings. The predicted octanol–water partition coefficient (Wildman–Crippen LogP) is 3.32. The Balaban J connectivity index is 1.68. The predicted molar refractivity (Wildman–Crippen MR) is 73.2 cm³/mol. The maximum atomic E-state index is 13.7. The Hall–Kier alpha value is -2.10. The van der Waals surface area contributed by atoms with Gasteiger partial charge in [-0.25, -0.2) is 4.39 Å². The van der Waals surface area contributed by atoms with Crippen molar-refractivity contribution in [2.75, 3.05) is 0 Å². The fourth-order valence-corrected chi connectivity index (χ4v) is 2.43. The Morgan fingerprint density at radius 2 is 2.10 bits per heavy atom. The standard InChI is InChI=1S/C16H16FNO2/c1-9-8-20-15(10(9)2)16(19)18-14-7-12(14)11-5-3-4-6-13(11)17/h3-6,8,12,14H,7H2,1-2H3,(H,18,19)/t12-,14+/m0/s1. The summed E-state index contributed by atoms with van der Waals surface area (Å²) in [6.07, 6.45) is 2.34. The number of benzene rings is 1. The van der Waals surface area contributed by atoms with Gasteiger partial charge in [0.15, 0.2) is 5.76 Å². The zero-order valence-electron chi connectivity index (χ0n) is 11.4. The molecule has 104 valence electrons. The monoisotopic (exact) mass is 273 g/mol. The van der Waals surface area contributed by atoms with Crippen LogP contribution >= 0.6 is 0 Å². The maximum Gasteiger partial charge on any atom is 0.287 e. The van der Waals surface area contributed by atoms with Crippen molar-refractivity contribution in [1.82, 2.24) is 5.32 Å². The lowest BCUT2D eigenvalue weighted by Crippen LogP contribution is -2.26. The van der Waals surface area contributed by atoms with E-state index < -0.39 is 0 Å². The van der Waals surface area contributed by atoms with Gasteiger partial charge in [-0.3, -0.25) is 4.79 Å². The summed E-state index contributed by atoms with van der Waals surface area (Å²) in [4.78, 5) is 12.1. The van der Waals surface area contributed by atoms with Gasteiger partial charge in [0.1, 0.15) is 5.82 Å². The second-order valence-corrected chi connectivity index (χ2v) is 5.32. The third kappa shape index (κ3) is 2.22. The SMILES string of the molecule is Cc1coc(C(=O)N[C@@H]2C[C@H]2c2ccccc2F)c1C. The fraction of sp³-hybridized carbons (Fsp3) is 0.312. The van der Waals surface area contributed by atoms with Crippen molar-refractivity contribution in [2.24, 2.45) is 0 Å². The highest BCUT2D eigenvalue weighted by Crippen LogP contribution is 2.42. The molecule has 1 aromatic carbocycles. The Kier molecular flexibility index (Phi) is 3.08. The van der Waals surface area contributed by atoms with E-state index in [1.165, 1.54) is 6.07 Å². The van der Waals surface area contributed by atoms with Gasteiger partial charge >= 0.3 is 0 Å². The van der Waals surface area contributed by atoms with Gasteiger partial charge < -0.3 is 9.73 Å². The molecule has 0 spiro atoms. The maximum absolute atomic E-state index is 13.7. The molecule has 1 amide bonds. The highest BCUT2D eigenvalue weighted by molar-refractivity contribution is 5.93. The molecule has 2 atom stereocenters. The normalized spacial score (nSPS) is 20.8. The molecule has 0 aliphatic heterocycles. The summed E-state index contributed by atoms with van der Waals surface area (Å²) in [6, 6.07) is 6.70. The van der Waals surface area contributed by atoms with E-state index in [1.807, 2.05) is 19.9 Å². The number of furan rings is 1. The molecule has 1 saturated carbocycles. The van der Waals surface area contributed by atoms with Crippen molar-refractivity contribution in [3.05, 3.63) is 58.8 Å². The van der Waals surface area contributed by atoms with E-state index in [0.29, 0.717) is 11.3 Å². The van der Waals surface area contributed by atoms with Crippen LogP contribution in [0, 0.1) is 19.7 Å². The van der Waals surface area contributed by atoms with Gasteiger partial charge in [-0.2, -0.15) is 0 Å². The lowest BCUT2D eigenvalue weighted by molar-refractivity contribution is 0.0921. The third-order valence-electron chi connectivity index (χ3n) is 3.90. The average molecular weight is 273 g/mol. The van der Waals surface area contributed by atoms with Gasteiger partial charge in [0, 0.05) is 17.5 Å². The zero-order chi connectivity index (χ0) is 14.3. The topological polar surface area (TPSA) is 42.2 Å². The summed E-state index contributed by atoms with van der Waals surface area (Å²) in [7, 11) is 0. The number of halogens is 1. The highest BCUT2D eigenvalue weighted by atomic mass is 19.1. The number of amides is 1. The second kappa shape index (κ2) is 4.78. The van der Waals surface area contributed by atoms with Gasteiger partial charge in [-0.05, 0) is 37.5 Å². The van der Waals surface area contributed by atoms with Crippen LogP contribution in [0.3, 0.4) is 0 Å². The first kappa shape index (κ1) is 12.9. The Labute approximate surface area is 116 Å². The van der Waals surface area contributed by atoms with Crippen LogP contribution < -0.4 is 5.32 Å². The van der Waals surface area contributed by atoms with Gasteiger partial charge in [0.25, 0.3) is 5.91 Å². The number of carbonyl (C=O) groups excluding carboxylic acids is 1. The van der Waals surface area contributed by atoms with Crippen molar-refractivity contribution in [3.8, 4) is 0 Å². The van der Waals surface area contributed by atoms with E-state index in [4.69, 9.17) is 4.42 Å². The molecular weight excluding hydrogens is 257 g/mol. The number of aryl methyl sites for hydroxylation is 1. The van der Waals surface area contributed by atoms with Crippen LogP contribution in [0.2, 0.25) is 0 Å². The summed E-state index contributed by atoms with van der Waals surface area (Å²) in [6.45, 7) is 3.75. The van der Waals surface area contributed by atoms with Crippen molar-refractivity contribution < 1.29 is 13.6 Å². The van der Waals surface area contributed by atoms with Crippen molar-refractivity contribution in [3.63, 3.8) is 0 Å². The van der Waals surface area contributed by atoms with Crippen LogP contribution in [0.25, 0.3) is 0 Å². The number of carbonyl (C=O) groups is 1. The molecule has 4 heteroatoms. The first-order chi connectivity index (χ1) is 9.58. The van der Waals surface area contributed by atoms with Crippen molar-refractivity contribution in [1.29, 1.82) is 0 Å². The molecule has 0 saturated heterocycles. The molecular formula is C16H16FNO2. The minimum absolute atomic E-state index is 0.00999. The first-order valence-electron chi connectivity index (χ1n) is 6.68. The van der Waals surface area contributed by atoms with Crippen LogP contribution in [0.15, 0.2) is 34.9 Å². The number of nitrogens with one attached hydrogen (secondary N) is 1. The van der Waals surface area contributed by atoms with Gasteiger partial charge in [0.05, 0.1) is 6.26 Å². The molecule has 1 aromatic heterocycles. The Morgan fingerprint density at radius 3 is 2.75 bits per heavy atom. The summed E-state index contributed by atoms with van der Waals surface area (Å²) >= 11 is 0. The van der Waals surface area contributed by atoms with Crippen molar-refractivity contribution >= 4 is 5.91 Å². The second-order valence-electron chi connectivity index (χ2n) is 5.32. The van der Waals surface area contributed by atoms with Crippen molar-refractivity contribution in [2.45, 2.75) is 32.2 Å². The molecule has 3 nitrogen and oxygen atoms in total. The molecule has 2 aromatic rings. The van der Waals surface area contributed by atoms with Crippen LogP contribution in [0.1, 0.15) is 39.6 Å². The molecule has 0 radical (unpaired) electrons. The molecule has 20 heavy (non-hydrogen) atoms. The van der Waals surface area contributed by atoms with E-state index in [-0.39, 0.29) is 23.7 Å². The van der Waals surface area contributed by atoms with Crippen LogP contribution in [0.5, 0.6) is 0 Å². The smallest absolute Gasteiger partial charge is 0.287 e. The molecule has 0 unspecified atom stereocenters. The number of hydrogen-bond acceptors (Lipinski definition) is 2. The van der Waals surface area contributed by atoms with Crippen LogP contribution in [-0.4, -0.2) is 11.9 Å². The fourth-order valence-electron chi connectivity index (χ4n) is 2.43. The van der Waals surface area contributed by atoms with E-state index in [2.05, 4.69) is 5.32 Å². The lowest BCUT2D eigenvalue weighted by atomic mass is 10.1. The first-order valence-corrected chi connectivity index (χ1v) is 6.68. The molecule has 3 rings (SSSR count). The summed E-state index contributed by atoms with van der Waals surface area (Å²) in [5.41, 5.74) is 2.48. The van der Waals surface area contributed by atoms with Crippen LogP contribution in [-0.2, 0) is 0 Å². The van der Waals surface area contributed by atoms with Crippen LogP contribution in [0.4, 0.5) is 4.39 Å². The quantitative estimate of drug-likeness (QED) is 0.932. The largest absolute Gasteiger partial charge is 0.459 e. The summed E-state index contributed by atoms with van der Waals surface area (Å²) < 4.78 is 18.9. The number of rotatable bonds is 3. The molecule has 1 heterocycles. The molecule has 1 fully saturated rings. The van der Waals surface area contributed by atoms with E-state index in [9.17, 15) is 9.18 Å². The van der Waals surface area contributed by atoms with Gasteiger partial charge in [-0.15, -0.1) is 0 Å². The highest BCUT2D eigenvalue weighted by Gasteiger charge is 2.41.